The summed E-state index contributed by atoms with van der Waals surface area (Å²) in [4.78, 5) is 26.2. The van der Waals surface area contributed by atoms with Crippen LogP contribution in [0, 0.1) is 5.92 Å². The molecule has 2 atom stereocenters. The quantitative estimate of drug-likeness (QED) is 0.820. The van der Waals surface area contributed by atoms with Gasteiger partial charge < -0.3 is 9.15 Å². The SMILES string of the molecule is CCOC(=O)Nc1ccc2c(CN3C[C@@H]4CCCCC[C@@H]43)cc(=O)oc2c1. The van der Waals surface area contributed by atoms with Crippen LogP contribution in [0.3, 0.4) is 0 Å². The molecule has 144 valence electrons. The normalized spacial score (nSPS) is 22.6. The van der Waals surface area contributed by atoms with Gasteiger partial charge in [-0.05, 0) is 43.4 Å². The minimum atomic E-state index is -0.518. The molecule has 27 heavy (non-hydrogen) atoms. The number of rotatable bonds is 4. The molecule has 1 aliphatic heterocycles. The smallest absolute Gasteiger partial charge is 0.411 e. The standard InChI is InChI=1S/C21H26N2O4/c1-2-26-21(25)22-16-8-9-17-15(10-20(24)27-19(17)11-16)13-23-12-14-6-4-3-5-7-18(14)23/h8-11,14,18H,2-7,12-13H2,1H3,(H,22,25)/t14-,18-/m0/s1. The average Bonchev–Trinajstić information content (AvgIpc) is 2.80. The zero-order valence-corrected chi connectivity index (χ0v) is 15.7. The van der Waals surface area contributed by atoms with E-state index in [0.717, 1.165) is 30.0 Å². The van der Waals surface area contributed by atoms with Crippen LogP contribution in [0.5, 0.6) is 0 Å². The molecule has 6 nitrogen and oxygen atoms in total. The molecule has 0 unspecified atom stereocenters. The molecule has 1 saturated carbocycles. The van der Waals surface area contributed by atoms with Crippen molar-refractivity contribution in [2.45, 2.75) is 51.6 Å². The van der Waals surface area contributed by atoms with Gasteiger partial charge in [0, 0.05) is 42.3 Å². The fourth-order valence-electron chi connectivity index (χ4n) is 4.48. The molecule has 1 aromatic heterocycles. The Hall–Kier alpha value is -2.34. The largest absolute Gasteiger partial charge is 0.450 e. The topological polar surface area (TPSA) is 71.8 Å². The van der Waals surface area contributed by atoms with Crippen LogP contribution in [0.2, 0.25) is 0 Å². The van der Waals surface area contributed by atoms with Gasteiger partial charge in [-0.25, -0.2) is 9.59 Å². The second-order valence-corrected chi connectivity index (χ2v) is 7.54. The molecule has 1 N–H and O–H groups in total. The Balaban J connectivity index is 1.56. The molecule has 1 aromatic carbocycles. The van der Waals surface area contributed by atoms with Gasteiger partial charge >= 0.3 is 11.7 Å². The molecule has 0 bridgehead atoms. The fourth-order valence-corrected chi connectivity index (χ4v) is 4.48. The highest BCUT2D eigenvalue weighted by molar-refractivity contribution is 5.89. The van der Waals surface area contributed by atoms with Crippen LogP contribution in [0.1, 0.15) is 44.6 Å². The van der Waals surface area contributed by atoms with Gasteiger partial charge in [0.15, 0.2) is 0 Å². The lowest BCUT2D eigenvalue weighted by Gasteiger charge is -2.48. The van der Waals surface area contributed by atoms with Crippen molar-refractivity contribution in [2.24, 2.45) is 5.92 Å². The van der Waals surface area contributed by atoms with E-state index in [-0.39, 0.29) is 5.63 Å². The molecule has 1 amide bonds. The maximum Gasteiger partial charge on any atom is 0.411 e. The number of likely N-dealkylation sites (tertiary alicyclic amines) is 1. The molecule has 6 heteroatoms. The van der Waals surface area contributed by atoms with E-state index in [1.165, 1.54) is 32.1 Å². The lowest BCUT2D eigenvalue weighted by molar-refractivity contribution is 0.00326. The maximum atomic E-state index is 12.1. The molecular formula is C21H26N2O4. The first kappa shape index (κ1) is 18.0. The van der Waals surface area contributed by atoms with Crippen molar-refractivity contribution in [3.05, 3.63) is 40.2 Å². The summed E-state index contributed by atoms with van der Waals surface area (Å²) in [6, 6.07) is 7.65. The van der Waals surface area contributed by atoms with Crippen LogP contribution in [-0.2, 0) is 11.3 Å². The summed E-state index contributed by atoms with van der Waals surface area (Å²) in [5, 5.41) is 3.57. The Bertz CT molecular complexity index is 891. The maximum absolute atomic E-state index is 12.1. The second-order valence-electron chi connectivity index (χ2n) is 7.54. The summed E-state index contributed by atoms with van der Waals surface area (Å²) >= 11 is 0. The third kappa shape index (κ3) is 3.86. The van der Waals surface area contributed by atoms with E-state index in [1.54, 1.807) is 19.1 Å². The van der Waals surface area contributed by atoms with Gasteiger partial charge in [0.05, 0.1) is 6.61 Å². The number of nitrogens with one attached hydrogen (secondary N) is 1. The van der Waals surface area contributed by atoms with E-state index >= 15 is 0 Å². The van der Waals surface area contributed by atoms with Crippen molar-refractivity contribution < 1.29 is 13.9 Å². The number of carbonyl (C=O) groups excluding carboxylic acids is 1. The van der Waals surface area contributed by atoms with Crippen molar-refractivity contribution in [3.63, 3.8) is 0 Å². The van der Waals surface area contributed by atoms with E-state index in [2.05, 4.69) is 10.2 Å². The zero-order valence-electron chi connectivity index (χ0n) is 15.7. The predicted molar refractivity (Wildman–Crippen MR) is 104 cm³/mol. The van der Waals surface area contributed by atoms with E-state index in [4.69, 9.17) is 9.15 Å². The van der Waals surface area contributed by atoms with Crippen molar-refractivity contribution in [3.8, 4) is 0 Å². The minimum absolute atomic E-state index is 0.302. The first-order valence-corrected chi connectivity index (χ1v) is 9.88. The summed E-state index contributed by atoms with van der Waals surface area (Å²) < 4.78 is 10.3. The van der Waals surface area contributed by atoms with Crippen LogP contribution in [-0.4, -0.2) is 30.2 Å². The van der Waals surface area contributed by atoms with Gasteiger partial charge in [-0.1, -0.05) is 19.3 Å². The van der Waals surface area contributed by atoms with Gasteiger partial charge in [0.2, 0.25) is 0 Å². The zero-order chi connectivity index (χ0) is 18.8. The van der Waals surface area contributed by atoms with Gasteiger partial charge in [-0.2, -0.15) is 0 Å². The molecule has 0 spiro atoms. The molecule has 2 aromatic rings. The Labute approximate surface area is 158 Å². The summed E-state index contributed by atoms with van der Waals surface area (Å²) in [6.45, 7) is 3.94. The number of anilines is 1. The highest BCUT2D eigenvalue weighted by atomic mass is 16.5. The second kappa shape index (κ2) is 7.72. The molecule has 1 aliphatic carbocycles. The number of hydrogen-bond acceptors (Lipinski definition) is 5. The van der Waals surface area contributed by atoms with Gasteiger partial charge in [0.25, 0.3) is 0 Å². The number of amides is 1. The number of fused-ring (bicyclic) bond motifs is 2. The van der Waals surface area contributed by atoms with E-state index in [9.17, 15) is 9.59 Å². The summed E-state index contributed by atoms with van der Waals surface area (Å²) in [5.74, 6) is 0.819. The molecule has 2 heterocycles. The van der Waals surface area contributed by atoms with Crippen LogP contribution >= 0.6 is 0 Å². The minimum Gasteiger partial charge on any atom is -0.450 e. The Morgan fingerprint density at radius 2 is 2.11 bits per heavy atom. The molecule has 1 saturated heterocycles. The highest BCUT2D eigenvalue weighted by Gasteiger charge is 2.38. The number of nitrogens with zero attached hydrogens (tertiary/aromatic N) is 1. The molecule has 2 aliphatic rings. The van der Waals surface area contributed by atoms with Crippen LogP contribution in [0.25, 0.3) is 11.0 Å². The van der Waals surface area contributed by atoms with Gasteiger partial charge in [-0.15, -0.1) is 0 Å². The Morgan fingerprint density at radius 3 is 2.96 bits per heavy atom. The third-order valence-corrected chi connectivity index (χ3v) is 5.78. The highest BCUT2D eigenvalue weighted by Crippen LogP contribution is 2.37. The molecule has 4 rings (SSSR count). The number of ether oxygens (including phenoxy) is 1. The first-order chi connectivity index (χ1) is 13.1. The van der Waals surface area contributed by atoms with Crippen molar-refractivity contribution in [1.82, 2.24) is 4.90 Å². The summed E-state index contributed by atoms with van der Waals surface area (Å²) in [6.07, 6.45) is 6.07. The fraction of sp³-hybridized carbons (Fsp3) is 0.524. The summed E-state index contributed by atoms with van der Waals surface area (Å²) in [7, 11) is 0. The predicted octanol–water partition coefficient (Wildman–Crippen LogP) is 4.13. The van der Waals surface area contributed by atoms with Crippen molar-refractivity contribution >= 4 is 22.7 Å². The van der Waals surface area contributed by atoms with Gasteiger partial charge in [-0.3, -0.25) is 10.2 Å². The van der Waals surface area contributed by atoms with Gasteiger partial charge in [0.1, 0.15) is 5.58 Å². The Kier molecular flexibility index (Phi) is 5.16. The average molecular weight is 370 g/mol. The first-order valence-electron chi connectivity index (χ1n) is 9.88. The molecular weight excluding hydrogens is 344 g/mol. The van der Waals surface area contributed by atoms with Crippen LogP contribution in [0.15, 0.2) is 33.5 Å². The lowest BCUT2D eigenvalue weighted by Crippen LogP contribution is -2.54. The molecule has 2 fully saturated rings. The number of hydrogen-bond donors (Lipinski definition) is 1. The van der Waals surface area contributed by atoms with E-state index < -0.39 is 6.09 Å². The van der Waals surface area contributed by atoms with Crippen molar-refractivity contribution in [2.75, 3.05) is 18.5 Å². The van der Waals surface area contributed by atoms with Crippen LogP contribution < -0.4 is 10.9 Å². The monoisotopic (exact) mass is 370 g/mol. The number of benzene rings is 1. The summed E-state index contributed by atoms with van der Waals surface area (Å²) in [5.41, 5.74) is 1.68. The van der Waals surface area contributed by atoms with E-state index in [1.807, 2.05) is 12.1 Å². The number of carbonyl (C=O) groups is 1. The third-order valence-electron chi connectivity index (χ3n) is 5.78. The Morgan fingerprint density at radius 1 is 1.26 bits per heavy atom. The van der Waals surface area contributed by atoms with Crippen molar-refractivity contribution in [1.29, 1.82) is 0 Å². The molecule has 0 radical (unpaired) electrons. The van der Waals surface area contributed by atoms with Crippen LogP contribution in [0.4, 0.5) is 10.5 Å². The van der Waals surface area contributed by atoms with E-state index in [0.29, 0.717) is 23.9 Å². The lowest BCUT2D eigenvalue weighted by atomic mass is 9.84.